The van der Waals surface area contributed by atoms with Gasteiger partial charge in [0.2, 0.25) is 11.8 Å². The van der Waals surface area contributed by atoms with E-state index in [1.54, 1.807) is 4.90 Å². The predicted octanol–water partition coefficient (Wildman–Crippen LogP) is 1.22. The smallest absolute Gasteiger partial charge is 0.268 e. The Kier molecular flexibility index (Phi) is 5.48. The van der Waals surface area contributed by atoms with Crippen molar-refractivity contribution in [2.75, 3.05) is 18.4 Å². The van der Waals surface area contributed by atoms with Crippen LogP contribution in [0.2, 0.25) is 0 Å². The average molecular weight is 324 g/mol. The monoisotopic (exact) mass is 324 g/mol. The molecule has 1 aliphatic heterocycles. The third-order valence-electron chi connectivity index (χ3n) is 3.60. The molecule has 1 unspecified atom stereocenters. The molecule has 3 N–H and O–H groups in total. The largest absolute Gasteiger partial charge is 0.364 e. The molecule has 0 aliphatic carbocycles. The van der Waals surface area contributed by atoms with Gasteiger partial charge in [-0.15, -0.1) is 11.3 Å². The highest BCUT2D eigenvalue weighted by Crippen LogP contribution is 2.21. The number of aromatic nitrogens is 1. The lowest BCUT2D eigenvalue weighted by Gasteiger charge is -2.31. The second-order valence-electron chi connectivity index (χ2n) is 5.32. The van der Waals surface area contributed by atoms with Crippen molar-refractivity contribution in [3.8, 4) is 0 Å². The first kappa shape index (κ1) is 16.4. The number of primary amides is 1. The third-order valence-corrected chi connectivity index (χ3v) is 4.35. The first-order valence-electron chi connectivity index (χ1n) is 7.35. The van der Waals surface area contributed by atoms with Crippen LogP contribution >= 0.6 is 11.3 Å². The number of carbonyl (C=O) groups is 3. The van der Waals surface area contributed by atoms with E-state index in [0.717, 1.165) is 30.6 Å². The lowest BCUT2D eigenvalue weighted by molar-refractivity contribution is -0.134. The highest BCUT2D eigenvalue weighted by atomic mass is 32.1. The first-order valence-corrected chi connectivity index (χ1v) is 8.23. The van der Waals surface area contributed by atoms with Gasteiger partial charge in [0.25, 0.3) is 5.91 Å². The van der Waals surface area contributed by atoms with E-state index in [-0.39, 0.29) is 23.4 Å². The summed E-state index contributed by atoms with van der Waals surface area (Å²) in [5.74, 6) is -0.925. The molecule has 1 aromatic heterocycles. The molecule has 22 heavy (non-hydrogen) atoms. The van der Waals surface area contributed by atoms with Crippen molar-refractivity contribution in [3.63, 3.8) is 0 Å². The van der Waals surface area contributed by atoms with Gasteiger partial charge in [0.1, 0.15) is 5.69 Å². The van der Waals surface area contributed by atoms with Crippen LogP contribution < -0.4 is 11.1 Å². The number of rotatable bonds is 5. The van der Waals surface area contributed by atoms with Gasteiger partial charge in [-0.05, 0) is 19.3 Å². The standard InChI is InChI=1S/C14H20N4O3S/c1-2-4-11(19)18-6-3-5-9(7-18)13(21)17-14-16-10(8-22-14)12(15)20/h8-9H,2-7H2,1H3,(H2,15,20)(H,16,17,21). The number of thiazole rings is 1. The number of hydrogen-bond donors (Lipinski definition) is 2. The van der Waals surface area contributed by atoms with Crippen LogP contribution in [0, 0.1) is 5.92 Å². The molecule has 0 saturated carbocycles. The molecule has 0 radical (unpaired) electrons. The summed E-state index contributed by atoms with van der Waals surface area (Å²) in [6.45, 7) is 3.12. The fourth-order valence-corrected chi connectivity index (χ4v) is 3.14. The SMILES string of the molecule is CCCC(=O)N1CCCC(C(=O)Nc2nc(C(N)=O)cs2)C1. The van der Waals surface area contributed by atoms with E-state index in [9.17, 15) is 14.4 Å². The lowest BCUT2D eigenvalue weighted by Crippen LogP contribution is -2.43. The van der Waals surface area contributed by atoms with Gasteiger partial charge >= 0.3 is 0 Å². The summed E-state index contributed by atoms with van der Waals surface area (Å²) in [5, 5.41) is 4.57. The fourth-order valence-electron chi connectivity index (χ4n) is 2.44. The highest BCUT2D eigenvalue weighted by molar-refractivity contribution is 7.14. The van der Waals surface area contributed by atoms with Gasteiger partial charge in [0.05, 0.1) is 5.92 Å². The van der Waals surface area contributed by atoms with Crippen molar-refractivity contribution in [3.05, 3.63) is 11.1 Å². The molecule has 0 bridgehead atoms. The molecule has 0 spiro atoms. The molecule has 1 atom stereocenters. The summed E-state index contributed by atoms with van der Waals surface area (Å²) >= 11 is 1.16. The fraction of sp³-hybridized carbons (Fsp3) is 0.571. The van der Waals surface area contributed by atoms with Crippen LogP contribution in [0.1, 0.15) is 43.1 Å². The second kappa shape index (κ2) is 7.35. The molecule has 2 rings (SSSR count). The zero-order valence-corrected chi connectivity index (χ0v) is 13.3. The zero-order valence-electron chi connectivity index (χ0n) is 12.5. The van der Waals surface area contributed by atoms with Crippen molar-refractivity contribution in [1.29, 1.82) is 0 Å². The van der Waals surface area contributed by atoms with Crippen molar-refractivity contribution < 1.29 is 14.4 Å². The Balaban J connectivity index is 1.93. The minimum Gasteiger partial charge on any atom is -0.364 e. The Morgan fingerprint density at radius 3 is 2.91 bits per heavy atom. The molecule has 3 amide bonds. The quantitative estimate of drug-likeness (QED) is 0.849. The molecule has 0 aromatic carbocycles. The average Bonchev–Trinajstić information content (AvgIpc) is 2.96. The van der Waals surface area contributed by atoms with Gasteiger partial charge in [-0.1, -0.05) is 6.92 Å². The van der Waals surface area contributed by atoms with Gasteiger partial charge < -0.3 is 16.0 Å². The van der Waals surface area contributed by atoms with E-state index >= 15 is 0 Å². The Bertz CT molecular complexity index is 572. The van der Waals surface area contributed by atoms with E-state index in [4.69, 9.17) is 5.73 Å². The Hall–Kier alpha value is -1.96. The lowest BCUT2D eigenvalue weighted by atomic mass is 9.97. The maximum Gasteiger partial charge on any atom is 0.268 e. The number of anilines is 1. The molecular formula is C14H20N4O3S. The van der Waals surface area contributed by atoms with Gasteiger partial charge in [-0.3, -0.25) is 14.4 Å². The predicted molar refractivity (Wildman–Crippen MR) is 83.5 cm³/mol. The third kappa shape index (κ3) is 4.03. The van der Waals surface area contributed by atoms with Crippen LogP contribution in [0.3, 0.4) is 0 Å². The number of carbonyl (C=O) groups excluding carboxylic acids is 3. The van der Waals surface area contributed by atoms with Crippen LogP contribution in [-0.2, 0) is 9.59 Å². The maximum absolute atomic E-state index is 12.3. The molecule has 1 fully saturated rings. The second-order valence-corrected chi connectivity index (χ2v) is 6.18. The molecule has 1 saturated heterocycles. The van der Waals surface area contributed by atoms with E-state index in [0.29, 0.717) is 24.6 Å². The Morgan fingerprint density at radius 2 is 2.27 bits per heavy atom. The van der Waals surface area contributed by atoms with Crippen molar-refractivity contribution in [1.82, 2.24) is 9.88 Å². The van der Waals surface area contributed by atoms with Crippen LogP contribution in [0.15, 0.2) is 5.38 Å². The van der Waals surface area contributed by atoms with Gasteiger partial charge in [-0.25, -0.2) is 4.98 Å². The summed E-state index contributed by atoms with van der Waals surface area (Å²) in [7, 11) is 0. The van der Waals surface area contributed by atoms with E-state index in [1.165, 1.54) is 5.38 Å². The topological polar surface area (TPSA) is 105 Å². The Morgan fingerprint density at radius 1 is 1.50 bits per heavy atom. The number of nitrogens with zero attached hydrogens (tertiary/aromatic N) is 2. The summed E-state index contributed by atoms with van der Waals surface area (Å²) in [6, 6.07) is 0. The normalized spacial score (nSPS) is 18.0. The summed E-state index contributed by atoms with van der Waals surface area (Å²) in [6.07, 6.45) is 2.89. The van der Waals surface area contributed by atoms with Crippen LogP contribution in [-0.4, -0.2) is 40.7 Å². The van der Waals surface area contributed by atoms with Gasteiger partial charge in [-0.2, -0.15) is 0 Å². The van der Waals surface area contributed by atoms with Gasteiger partial charge in [0, 0.05) is 24.9 Å². The first-order chi connectivity index (χ1) is 10.5. The number of nitrogens with two attached hydrogens (primary N) is 1. The Labute approximate surface area is 132 Å². The van der Waals surface area contributed by atoms with E-state index < -0.39 is 5.91 Å². The molecule has 1 aliphatic rings. The van der Waals surface area contributed by atoms with Crippen LogP contribution in [0.5, 0.6) is 0 Å². The minimum absolute atomic E-state index is 0.102. The molecule has 7 nitrogen and oxygen atoms in total. The van der Waals surface area contributed by atoms with Crippen LogP contribution in [0.25, 0.3) is 0 Å². The maximum atomic E-state index is 12.3. The highest BCUT2D eigenvalue weighted by Gasteiger charge is 2.28. The van der Waals surface area contributed by atoms with Gasteiger partial charge in [0.15, 0.2) is 5.13 Å². The number of nitrogens with one attached hydrogen (secondary N) is 1. The van der Waals surface area contributed by atoms with Crippen molar-refractivity contribution in [2.45, 2.75) is 32.6 Å². The molecule has 1 aromatic rings. The zero-order chi connectivity index (χ0) is 16.1. The number of likely N-dealkylation sites (tertiary alicyclic amines) is 1. The minimum atomic E-state index is -0.620. The summed E-state index contributed by atoms with van der Waals surface area (Å²) < 4.78 is 0. The molecule has 2 heterocycles. The van der Waals surface area contributed by atoms with Crippen molar-refractivity contribution in [2.24, 2.45) is 11.7 Å². The molecule has 8 heteroatoms. The molecular weight excluding hydrogens is 304 g/mol. The molecule has 120 valence electrons. The number of amides is 3. The van der Waals surface area contributed by atoms with Crippen LogP contribution in [0.4, 0.5) is 5.13 Å². The van der Waals surface area contributed by atoms with Crippen molar-refractivity contribution >= 4 is 34.2 Å². The van der Waals surface area contributed by atoms with E-state index in [1.807, 2.05) is 6.92 Å². The van der Waals surface area contributed by atoms with E-state index in [2.05, 4.69) is 10.3 Å². The number of piperidine rings is 1. The number of hydrogen-bond acceptors (Lipinski definition) is 5. The summed E-state index contributed by atoms with van der Waals surface area (Å²) in [4.78, 5) is 40.9. The summed E-state index contributed by atoms with van der Waals surface area (Å²) in [5.41, 5.74) is 5.27.